The molecule has 1 atom stereocenters. The summed E-state index contributed by atoms with van der Waals surface area (Å²) < 4.78 is 0. The predicted octanol–water partition coefficient (Wildman–Crippen LogP) is 4.51. The molecule has 0 radical (unpaired) electrons. The lowest BCUT2D eigenvalue weighted by atomic mass is 9.83. The third-order valence-electron chi connectivity index (χ3n) is 2.47. The highest BCUT2D eigenvalue weighted by atomic mass is 32.2. The van der Waals surface area contributed by atoms with Crippen LogP contribution in [0.4, 0.5) is 0 Å². The average Bonchev–Trinajstić information content (AvgIpc) is 2.03. The highest BCUT2D eigenvalue weighted by Crippen LogP contribution is 2.31. The number of hydrogen-bond donors (Lipinski definition) is 0. The van der Waals surface area contributed by atoms with E-state index in [9.17, 15) is 0 Å². The van der Waals surface area contributed by atoms with Crippen molar-refractivity contribution in [3.8, 4) is 0 Å². The summed E-state index contributed by atoms with van der Waals surface area (Å²) in [5.41, 5.74) is 0.502. The lowest BCUT2D eigenvalue weighted by molar-refractivity contribution is 0.311. The second-order valence-corrected chi connectivity index (χ2v) is 5.80. The standard InChI is InChI=1S/C12H24S/c1-6-7-8-9-12(3,4)10-11(2)13-5/h6-7,11H,8-10H2,1-5H3/b7-6-. The molecule has 0 spiro atoms. The molecule has 13 heavy (non-hydrogen) atoms. The summed E-state index contributed by atoms with van der Waals surface area (Å²) in [6.45, 7) is 9.17. The maximum Gasteiger partial charge on any atom is 0.00210 e. The highest BCUT2D eigenvalue weighted by molar-refractivity contribution is 7.99. The minimum Gasteiger partial charge on any atom is -0.162 e. The van der Waals surface area contributed by atoms with Crippen molar-refractivity contribution >= 4 is 11.8 Å². The lowest BCUT2D eigenvalue weighted by Crippen LogP contribution is -2.16. The van der Waals surface area contributed by atoms with Crippen LogP contribution in [0.15, 0.2) is 12.2 Å². The van der Waals surface area contributed by atoms with Crippen molar-refractivity contribution in [3.63, 3.8) is 0 Å². The second-order valence-electron chi connectivity index (χ2n) is 4.52. The van der Waals surface area contributed by atoms with Crippen LogP contribution in [0.2, 0.25) is 0 Å². The van der Waals surface area contributed by atoms with Crippen molar-refractivity contribution in [2.24, 2.45) is 5.41 Å². The highest BCUT2D eigenvalue weighted by Gasteiger charge is 2.19. The fraction of sp³-hybridized carbons (Fsp3) is 0.833. The normalized spacial score (nSPS) is 15.2. The maximum absolute atomic E-state index is 2.38. The van der Waals surface area contributed by atoms with Crippen LogP contribution >= 0.6 is 11.8 Å². The predicted molar refractivity (Wildman–Crippen MR) is 65.4 cm³/mol. The number of allylic oxidation sites excluding steroid dienone is 2. The Balaban J connectivity index is 3.78. The van der Waals surface area contributed by atoms with E-state index in [1.807, 2.05) is 11.8 Å². The quantitative estimate of drug-likeness (QED) is 0.568. The topological polar surface area (TPSA) is 0 Å². The molecule has 0 aliphatic carbocycles. The largest absolute Gasteiger partial charge is 0.162 e. The number of hydrogen-bond acceptors (Lipinski definition) is 1. The van der Waals surface area contributed by atoms with E-state index in [-0.39, 0.29) is 0 Å². The van der Waals surface area contributed by atoms with Crippen LogP contribution in [0, 0.1) is 5.41 Å². The first-order valence-electron chi connectivity index (χ1n) is 5.16. The van der Waals surface area contributed by atoms with E-state index in [2.05, 4.69) is 46.1 Å². The zero-order valence-electron chi connectivity index (χ0n) is 9.76. The second kappa shape index (κ2) is 6.53. The Morgan fingerprint density at radius 3 is 2.46 bits per heavy atom. The Kier molecular flexibility index (Phi) is 6.58. The van der Waals surface area contributed by atoms with Crippen molar-refractivity contribution in [3.05, 3.63) is 12.2 Å². The first kappa shape index (κ1) is 13.1. The fourth-order valence-corrected chi connectivity index (χ4v) is 2.22. The molecule has 0 bridgehead atoms. The summed E-state index contributed by atoms with van der Waals surface area (Å²) in [6.07, 6.45) is 10.5. The van der Waals surface area contributed by atoms with Crippen LogP contribution < -0.4 is 0 Å². The van der Waals surface area contributed by atoms with Crippen LogP contribution in [0.5, 0.6) is 0 Å². The molecule has 0 rings (SSSR count). The van der Waals surface area contributed by atoms with Gasteiger partial charge in [0.25, 0.3) is 0 Å². The Morgan fingerprint density at radius 1 is 1.38 bits per heavy atom. The van der Waals surface area contributed by atoms with E-state index in [1.165, 1.54) is 19.3 Å². The number of rotatable bonds is 6. The van der Waals surface area contributed by atoms with Crippen LogP contribution in [-0.2, 0) is 0 Å². The summed E-state index contributed by atoms with van der Waals surface area (Å²) in [4.78, 5) is 0. The average molecular weight is 200 g/mol. The van der Waals surface area contributed by atoms with E-state index in [1.54, 1.807) is 0 Å². The molecule has 1 heteroatoms. The van der Waals surface area contributed by atoms with Gasteiger partial charge in [-0.1, -0.05) is 32.9 Å². The van der Waals surface area contributed by atoms with E-state index in [4.69, 9.17) is 0 Å². The monoisotopic (exact) mass is 200 g/mol. The Hall–Kier alpha value is 0.0900. The van der Waals surface area contributed by atoms with Gasteiger partial charge in [0.2, 0.25) is 0 Å². The molecule has 1 unspecified atom stereocenters. The molecule has 0 heterocycles. The molecule has 0 saturated carbocycles. The number of thioether (sulfide) groups is 1. The maximum atomic E-state index is 2.38. The van der Waals surface area contributed by atoms with E-state index in [0.717, 1.165) is 5.25 Å². The molecule has 0 nitrogen and oxygen atoms in total. The molecule has 0 aromatic heterocycles. The van der Waals surface area contributed by atoms with Crippen molar-refractivity contribution in [2.45, 2.75) is 52.2 Å². The third kappa shape index (κ3) is 7.18. The van der Waals surface area contributed by atoms with Crippen LogP contribution in [-0.4, -0.2) is 11.5 Å². The zero-order chi connectivity index (χ0) is 10.3. The Morgan fingerprint density at radius 2 is 2.00 bits per heavy atom. The lowest BCUT2D eigenvalue weighted by Gasteiger charge is -2.26. The molecule has 0 amide bonds. The first-order chi connectivity index (χ1) is 6.02. The molecule has 0 aliphatic rings. The molecule has 0 saturated heterocycles. The molecule has 0 fully saturated rings. The summed E-state index contributed by atoms with van der Waals surface area (Å²) in [6, 6.07) is 0. The summed E-state index contributed by atoms with van der Waals surface area (Å²) >= 11 is 1.97. The van der Waals surface area contributed by atoms with Gasteiger partial charge in [0, 0.05) is 5.25 Å². The van der Waals surface area contributed by atoms with Crippen molar-refractivity contribution in [1.29, 1.82) is 0 Å². The Labute approximate surface area is 88.2 Å². The minimum absolute atomic E-state index is 0.502. The van der Waals surface area contributed by atoms with Crippen molar-refractivity contribution in [2.75, 3.05) is 6.26 Å². The van der Waals surface area contributed by atoms with Gasteiger partial charge in [-0.3, -0.25) is 0 Å². The van der Waals surface area contributed by atoms with Crippen LogP contribution in [0.3, 0.4) is 0 Å². The molecular formula is C12H24S. The summed E-state index contributed by atoms with van der Waals surface area (Å²) in [7, 11) is 0. The smallest absolute Gasteiger partial charge is 0.00210 e. The molecule has 0 aliphatic heterocycles. The van der Waals surface area contributed by atoms with E-state index < -0.39 is 0 Å². The molecular weight excluding hydrogens is 176 g/mol. The van der Waals surface area contributed by atoms with Gasteiger partial charge < -0.3 is 0 Å². The van der Waals surface area contributed by atoms with Gasteiger partial charge in [0.1, 0.15) is 0 Å². The van der Waals surface area contributed by atoms with Gasteiger partial charge in [-0.05, 0) is 37.9 Å². The molecule has 78 valence electrons. The molecule has 0 aromatic carbocycles. The van der Waals surface area contributed by atoms with Crippen molar-refractivity contribution in [1.82, 2.24) is 0 Å². The zero-order valence-corrected chi connectivity index (χ0v) is 10.6. The minimum atomic E-state index is 0.502. The van der Waals surface area contributed by atoms with Gasteiger partial charge in [-0.15, -0.1) is 0 Å². The van der Waals surface area contributed by atoms with Gasteiger partial charge in [0.15, 0.2) is 0 Å². The van der Waals surface area contributed by atoms with E-state index in [0.29, 0.717) is 5.41 Å². The van der Waals surface area contributed by atoms with Crippen LogP contribution in [0.1, 0.15) is 47.0 Å². The third-order valence-corrected chi connectivity index (χ3v) is 3.44. The van der Waals surface area contributed by atoms with Crippen molar-refractivity contribution < 1.29 is 0 Å². The van der Waals surface area contributed by atoms with Gasteiger partial charge in [-0.25, -0.2) is 0 Å². The molecule has 0 aromatic rings. The van der Waals surface area contributed by atoms with E-state index >= 15 is 0 Å². The van der Waals surface area contributed by atoms with Gasteiger partial charge in [-0.2, -0.15) is 11.8 Å². The SMILES string of the molecule is C/C=C\CCC(C)(C)CC(C)SC. The molecule has 0 N–H and O–H groups in total. The van der Waals surface area contributed by atoms with Crippen LogP contribution in [0.25, 0.3) is 0 Å². The summed E-state index contributed by atoms with van der Waals surface area (Å²) in [5.74, 6) is 0. The van der Waals surface area contributed by atoms with Gasteiger partial charge in [0.05, 0.1) is 0 Å². The first-order valence-corrected chi connectivity index (χ1v) is 6.44. The van der Waals surface area contributed by atoms with Gasteiger partial charge >= 0.3 is 0 Å². The summed E-state index contributed by atoms with van der Waals surface area (Å²) in [5, 5.41) is 0.792. The fourth-order valence-electron chi connectivity index (χ4n) is 1.60. The Bertz CT molecular complexity index is 147.